The molecule has 1 saturated heterocycles. The molecule has 0 radical (unpaired) electrons. The van der Waals surface area contributed by atoms with Gasteiger partial charge in [0.2, 0.25) is 0 Å². The van der Waals surface area contributed by atoms with Gasteiger partial charge >= 0.3 is 5.97 Å². The maximum absolute atomic E-state index is 12.5. The van der Waals surface area contributed by atoms with E-state index >= 15 is 0 Å². The summed E-state index contributed by atoms with van der Waals surface area (Å²) >= 11 is 1.51. The molecule has 6 nitrogen and oxygen atoms in total. The van der Waals surface area contributed by atoms with Gasteiger partial charge < -0.3 is 23.7 Å². The highest BCUT2D eigenvalue weighted by Gasteiger charge is 2.50. The van der Waals surface area contributed by atoms with E-state index in [2.05, 4.69) is 19.1 Å². The predicted octanol–water partition coefficient (Wildman–Crippen LogP) is 7.13. The van der Waals surface area contributed by atoms with Gasteiger partial charge in [-0.15, -0.1) is 0 Å². The molecule has 7 heteroatoms. The molecule has 0 amide bonds. The van der Waals surface area contributed by atoms with Gasteiger partial charge in [0.25, 0.3) is 0 Å². The van der Waals surface area contributed by atoms with E-state index in [-0.39, 0.29) is 6.61 Å². The van der Waals surface area contributed by atoms with Crippen molar-refractivity contribution in [2.75, 3.05) is 6.61 Å². The predicted molar refractivity (Wildman–Crippen MR) is 167 cm³/mol. The van der Waals surface area contributed by atoms with Crippen molar-refractivity contribution in [3.8, 4) is 0 Å². The van der Waals surface area contributed by atoms with Crippen LogP contribution in [0.1, 0.15) is 29.2 Å². The van der Waals surface area contributed by atoms with Gasteiger partial charge in [-0.3, -0.25) is 4.79 Å². The average Bonchev–Trinajstić information content (AvgIpc) is 3.03. The van der Waals surface area contributed by atoms with Crippen LogP contribution in [-0.4, -0.2) is 42.4 Å². The van der Waals surface area contributed by atoms with Crippen molar-refractivity contribution < 1.29 is 28.5 Å². The molecule has 224 valence electrons. The van der Waals surface area contributed by atoms with Crippen molar-refractivity contribution in [2.24, 2.45) is 0 Å². The Morgan fingerprint density at radius 2 is 1.19 bits per heavy atom. The van der Waals surface area contributed by atoms with Crippen molar-refractivity contribution in [3.05, 3.63) is 138 Å². The van der Waals surface area contributed by atoms with E-state index in [9.17, 15) is 4.79 Å². The smallest absolute Gasteiger partial charge is 0.303 e. The fourth-order valence-electron chi connectivity index (χ4n) is 4.97. The van der Waals surface area contributed by atoms with Crippen LogP contribution in [0.4, 0.5) is 0 Å². The molecule has 0 N–H and O–H groups in total. The third-order valence-electron chi connectivity index (χ3n) is 7.13. The third kappa shape index (κ3) is 9.26. The lowest BCUT2D eigenvalue weighted by atomic mass is 9.99. The van der Waals surface area contributed by atoms with Crippen molar-refractivity contribution in [1.29, 1.82) is 0 Å². The van der Waals surface area contributed by atoms with E-state index in [1.54, 1.807) is 0 Å². The van der Waals surface area contributed by atoms with Crippen LogP contribution in [0.25, 0.3) is 0 Å². The lowest BCUT2D eigenvalue weighted by Crippen LogP contribution is -2.60. The van der Waals surface area contributed by atoms with E-state index in [4.69, 9.17) is 23.7 Å². The number of carbonyl (C=O) groups excluding carboxylic acids is 1. The molecular weight excluding hydrogens is 560 g/mol. The molecule has 0 bridgehead atoms. The molecule has 1 heterocycles. The number of hydrogen-bond donors (Lipinski definition) is 0. The minimum atomic E-state index is -0.723. The van der Waals surface area contributed by atoms with Gasteiger partial charge in [0.1, 0.15) is 23.7 Å². The number of esters is 1. The molecule has 0 spiro atoms. The van der Waals surface area contributed by atoms with Gasteiger partial charge in [-0.1, -0.05) is 120 Å². The maximum atomic E-state index is 12.5. The fourth-order valence-corrected chi connectivity index (χ4v) is 6.07. The van der Waals surface area contributed by atoms with Crippen LogP contribution in [0.5, 0.6) is 0 Å². The molecule has 4 aromatic carbocycles. The first kappa shape index (κ1) is 31.0. The summed E-state index contributed by atoms with van der Waals surface area (Å²) in [6, 6.07) is 38.2. The second-order valence-electron chi connectivity index (χ2n) is 10.6. The zero-order valence-electron chi connectivity index (χ0n) is 24.5. The summed E-state index contributed by atoms with van der Waals surface area (Å²) in [6.45, 7) is 4.85. The van der Waals surface area contributed by atoms with Crippen LogP contribution in [0.15, 0.2) is 120 Å². The van der Waals surface area contributed by atoms with E-state index in [1.807, 2.05) is 103 Å². The van der Waals surface area contributed by atoms with Crippen molar-refractivity contribution in [3.63, 3.8) is 0 Å². The van der Waals surface area contributed by atoms with Crippen LogP contribution in [0.2, 0.25) is 0 Å². The highest BCUT2D eigenvalue weighted by Crippen LogP contribution is 2.38. The van der Waals surface area contributed by atoms with Crippen molar-refractivity contribution in [2.45, 2.75) is 68.4 Å². The van der Waals surface area contributed by atoms with E-state index in [0.717, 1.165) is 27.1 Å². The van der Waals surface area contributed by atoms with Crippen molar-refractivity contribution >= 4 is 17.7 Å². The number of thioether (sulfide) groups is 1. The highest BCUT2D eigenvalue weighted by molar-refractivity contribution is 7.99. The Balaban J connectivity index is 1.44. The van der Waals surface area contributed by atoms with Crippen LogP contribution in [0, 0.1) is 6.92 Å². The van der Waals surface area contributed by atoms with Gasteiger partial charge in [0, 0.05) is 11.8 Å². The molecular formula is C36H38O6S. The zero-order chi connectivity index (χ0) is 29.9. The minimum Gasteiger partial charge on any atom is -0.456 e. The van der Waals surface area contributed by atoms with E-state index < -0.39 is 35.8 Å². The van der Waals surface area contributed by atoms with Crippen LogP contribution >= 0.6 is 11.8 Å². The van der Waals surface area contributed by atoms with Crippen LogP contribution in [-0.2, 0) is 48.3 Å². The minimum absolute atomic E-state index is 0.275. The van der Waals surface area contributed by atoms with Gasteiger partial charge in [-0.2, -0.15) is 0 Å². The summed E-state index contributed by atoms with van der Waals surface area (Å²) in [5.74, 6) is -0.406. The SMILES string of the molecule is CC(=O)O[C@@H]1[C@@H](OCc2ccccc2)[C@@H](OCc2ccccc2)[C@@H](COCc2ccccc2)O[C@H]1Sc1ccc(C)cc1. The Bertz CT molecular complexity index is 1380. The largest absolute Gasteiger partial charge is 0.456 e. The molecule has 0 aliphatic carbocycles. The number of carbonyl (C=O) groups is 1. The summed E-state index contributed by atoms with van der Waals surface area (Å²) in [5, 5.41) is 0. The Labute approximate surface area is 258 Å². The third-order valence-corrected chi connectivity index (χ3v) is 8.29. The number of aryl methyl sites for hydroxylation is 1. The standard InChI is InChI=1S/C36H38O6S/c1-26-18-20-31(21-19-26)43-36-35(41-27(2)37)34(40-24-30-16-10-5-11-17-30)33(39-23-29-14-8-4-9-15-29)32(42-36)25-38-22-28-12-6-3-7-13-28/h3-21,32-36H,22-25H2,1-2H3/t32-,33+,34+,35-,36+/m1/s1. The van der Waals surface area contributed by atoms with Gasteiger partial charge in [-0.25, -0.2) is 0 Å². The Hall–Kier alpha value is -3.46. The van der Waals surface area contributed by atoms with Crippen molar-refractivity contribution in [1.82, 2.24) is 0 Å². The molecule has 0 aromatic heterocycles. The van der Waals surface area contributed by atoms with E-state index in [0.29, 0.717) is 19.8 Å². The monoisotopic (exact) mass is 598 g/mol. The summed E-state index contributed by atoms with van der Waals surface area (Å²) in [5.41, 5.74) is 3.72. The molecule has 0 unspecified atom stereocenters. The first-order valence-corrected chi connectivity index (χ1v) is 15.4. The normalized spacial score (nSPS) is 21.8. The highest BCUT2D eigenvalue weighted by atomic mass is 32.2. The number of ether oxygens (including phenoxy) is 5. The van der Waals surface area contributed by atoms with Gasteiger partial charge in [0.05, 0.1) is 26.4 Å². The lowest BCUT2D eigenvalue weighted by Gasteiger charge is -2.45. The first-order chi connectivity index (χ1) is 21.0. The lowest BCUT2D eigenvalue weighted by molar-refractivity contribution is -0.249. The average molecular weight is 599 g/mol. The second kappa shape index (κ2) is 15.8. The number of hydrogen-bond acceptors (Lipinski definition) is 7. The fraction of sp³-hybridized carbons (Fsp3) is 0.306. The number of rotatable bonds is 13. The summed E-state index contributed by atoms with van der Waals surface area (Å²) < 4.78 is 32.1. The quantitative estimate of drug-likeness (QED) is 0.152. The second-order valence-corrected chi connectivity index (χ2v) is 11.7. The molecule has 1 fully saturated rings. The number of benzene rings is 4. The van der Waals surface area contributed by atoms with Gasteiger partial charge in [-0.05, 0) is 35.7 Å². The summed E-state index contributed by atoms with van der Waals surface area (Å²) in [4.78, 5) is 13.5. The van der Waals surface area contributed by atoms with E-state index in [1.165, 1.54) is 18.7 Å². The summed E-state index contributed by atoms with van der Waals surface area (Å²) in [6.07, 6.45) is -2.39. The maximum Gasteiger partial charge on any atom is 0.303 e. The van der Waals surface area contributed by atoms with Gasteiger partial charge in [0.15, 0.2) is 6.10 Å². The molecule has 5 atom stereocenters. The molecule has 0 saturated carbocycles. The van der Waals surface area contributed by atoms with Crippen LogP contribution in [0.3, 0.4) is 0 Å². The molecule has 1 aliphatic rings. The molecule has 5 rings (SSSR count). The Morgan fingerprint density at radius 3 is 1.72 bits per heavy atom. The summed E-state index contributed by atoms with van der Waals surface area (Å²) in [7, 11) is 0. The first-order valence-electron chi connectivity index (χ1n) is 14.5. The Morgan fingerprint density at radius 1 is 0.674 bits per heavy atom. The zero-order valence-corrected chi connectivity index (χ0v) is 25.4. The molecule has 43 heavy (non-hydrogen) atoms. The molecule has 1 aliphatic heterocycles. The molecule has 4 aromatic rings. The van der Waals surface area contributed by atoms with Crippen LogP contribution < -0.4 is 0 Å². The topological polar surface area (TPSA) is 63.2 Å². The Kier molecular flexibility index (Phi) is 11.4.